The fourth-order valence-corrected chi connectivity index (χ4v) is 1.18. The van der Waals surface area contributed by atoms with Gasteiger partial charge in [-0.3, -0.25) is 10.2 Å². The Bertz CT molecular complexity index is 143. The van der Waals surface area contributed by atoms with Crippen LogP contribution in [0.5, 0.6) is 0 Å². The summed E-state index contributed by atoms with van der Waals surface area (Å²) in [7, 11) is 0. The lowest BCUT2D eigenvalue weighted by molar-refractivity contribution is -0.126. The molecule has 0 aromatic carbocycles. The van der Waals surface area contributed by atoms with Crippen LogP contribution in [0.25, 0.3) is 0 Å². The number of nitrogens with two attached hydrogens (primary N) is 1. The van der Waals surface area contributed by atoms with Crippen molar-refractivity contribution in [2.45, 2.75) is 19.4 Å². The molecule has 1 saturated heterocycles. The molecule has 1 heterocycles. The highest BCUT2D eigenvalue weighted by atomic mass is 35.5. The van der Waals surface area contributed by atoms with Gasteiger partial charge in [0.15, 0.2) is 0 Å². The van der Waals surface area contributed by atoms with E-state index in [0.29, 0.717) is 6.61 Å². The number of hydrogen-bond donors (Lipinski definition) is 2. The Morgan fingerprint density at radius 1 is 1.73 bits per heavy atom. The van der Waals surface area contributed by atoms with Crippen molar-refractivity contribution >= 4 is 18.3 Å². The second kappa shape index (κ2) is 4.54. The Morgan fingerprint density at radius 2 is 2.36 bits per heavy atom. The predicted molar refractivity (Wildman–Crippen MR) is 43.1 cm³/mol. The van der Waals surface area contributed by atoms with Gasteiger partial charge in [-0.05, 0) is 13.3 Å². The number of halogens is 1. The van der Waals surface area contributed by atoms with Gasteiger partial charge in [0.1, 0.15) is 0 Å². The van der Waals surface area contributed by atoms with E-state index >= 15 is 0 Å². The van der Waals surface area contributed by atoms with E-state index in [2.05, 4.69) is 5.43 Å². The second-order valence-corrected chi connectivity index (χ2v) is 2.48. The zero-order valence-corrected chi connectivity index (χ0v) is 7.19. The molecular formula is C6H13ClN2O2. The van der Waals surface area contributed by atoms with Gasteiger partial charge in [-0.25, -0.2) is 5.84 Å². The molecule has 66 valence electrons. The lowest BCUT2D eigenvalue weighted by atomic mass is 10.0. The number of amides is 1. The van der Waals surface area contributed by atoms with Crippen molar-refractivity contribution in [1.29, 1.82) is 0 Å². The van der Waals surface area contributed by atoms with Gasteiger partial charge in [0.05, 0.1) is 12.0 Å². The average Bonchev–Trinajstić information content (AvgIpc) is 2.34. The summed E-state index contributed by atoms with van der Waals surface area (Å²) in [6.07, 6.45) is 0.799. The van der Waals surface area contributed by atoms with Crippen LogP contribution in [0.15, 0.2) is 0 Å². The van der Waals surface area contributed by atoms with E-state index < -0.39 is 0 Å². The zero-order valence-electron chi connectivity index (χ0n) is 6.37. The van der Waals surface area contributed by atoms with E-state index in [1.807, 2.05) is 6.92 Å². The molecule has 1 fully saturated rings. The minimum atomic E-state index is -0.120. The maximum absolute atomic E-state index is 10.9. The highest BCUT2D eigenvalue weighted by molar-refractivity contribution is 5.85. The summed E-state index contributed by atoms with van der Waals surface area (Å²) in [5, 5.41) is 0. The van der Waals surface area contributed by atoms with Gasteiger partial charge in [-0.15, -0.1) is 12.4 Å². The third-order valence-corrected chi connectivity index (χ3v) is 1.86. The summed E-state index contributed by atoms with van der Waals surface area (Å²) in [4.78, 5) is 10.9. The smallest absolute Gasteiger partial charge is 0.239 e. The van der Waals surface area contributed by atoms with E-state index in [1.165, 1.54) is 0 Å². The molecule has 3 N–H and O–H groups in total. The minimum absolute atomic E-state index is 0. The molecule has 0 bridgehead atoms. The molecule has 1 amide bonds. The maximum atomic E-state index is 10.9. The van der Waals surface area contributed by atoms with Crippen LogP contribution in [0.2, 0.25) is 0 Å². The first-order chi connectivity index (χ1) is 4.75. The molecule has 0 spiro atoms. The van der Waals surface area contributed by atoms with Crippen molar-refractivity contribution < 1.29 is 9.53 Å². The van der Waals surface area contributed by atoms with Crippen LogP contribution in [0.4, 0.5) is 0 Å². The van der Waals surface area contributed by atoms with E-state index in [9.17, 15) is 4.79 Å². The fraction of sp³-hybridized carbons (Fsp3) is 0.833. The molecule has 0 saturated carbocycles. The summed E-state index contributed by atoms with van der Waals surface area (Å²) >= 11 is 0. The maximum Gasteiger partial charge on any atom is 0.239 e. The van der Waals surface area contributed by atoms with E-state index in [0.717, 1.165) is 6.42 Å². The molecule has 1 aliphatic rings. The fourth-order valence-electron chi connectivity index (χ4n) is 1.18. The van der Waals surface area contributed by atoms with Gasteiger partial charge in [-0.2, -0.15) is 0 Å². The number of rotatable bonds is 1. The molecule has 2 atom stereocenters. The van der Waals surface area contributed by atoms with Crippen LogP contribution < -0.4 is 11.3 Å². The number of ether oxygens (including phenoxy) is 1. The molecule has 0 aromatic rings. The van der Waals surface area contributed by atoms with Crippen LogP contribution in [-0.4, -0.2) is 18.6 Å². The summed E-state index contributed by atoms with van der Waals surface area (Å²) in [6, 6.07) is 0. The van der Waals surface area contributed by atoms with Crippen LogP contribution in [-0.2, 0) is 9.53 Å². The van der Waals surface area contributed by atoms with Crippen molar-refractivity contribution in [2.24, 2.45) is 11.8 Å². The molecule has 0 aromatic heterocycles. The first kappa shape index (κ1) is 10.7. The average molecular weight is 181 g/mol. The summed E-state index contributed by atoms with van der Waals surface area (Å²) < 4.78 is 5.17. The van der Waals surface area contributed by atoms with Crippen LogP contribution in [0.1, 0.15) is 13.3 Å². The Kier molecular flexibility index (Phi) is 4.40. The number of carbonyl (C=O) groups excluding carboxylic acids is 1. The van der Waals surface area contributed by atoms with E-state index in [1.54, 1.807) is 0 Å². The van der Waals surface area contributed by atoms with Gasteiger partial charge in [0, 0.05) is 6.61 Å². The van der Waals surface area contributed by atoms with Gasteiger partial charge in [-0.1, -0.05) is 0 Å². The predicted octanol–water partition coefficient (Wildman–Crippen LogP) is -0.177. The van der Waals surface area contributed by atoms with Crippen molar-refractivity contribution in [3.8, 4) is 0 Å². The molecule has 1 aliphatic heterocycles. The number of hydrogen-bond acceptors (Lipinski definition) is 3. The minimum Gasteiger partial charge on any atom is -0.378 e. The summed E-state index contributed by atoms with van der Waals surface area (Å²) in [5.74, 6) is 4.79. The van der Waals surface area contributed by atoms with Crippen LogP contribution in [0, 0.1) is 5.92 Å². The van der Waals surface area contributed by atoms with Crippen LogP contribution in [0.3, 0.4) is 0 Å². The number of hydrazine groups is 1. The Labute approximate surface area is 71.8 Å². The van der Waals surface area contributed by atoms with Crippen molar-refractivity contribution in [3.05, 3.63) is 0 Å². The molecule has 5 heteroatoms. The molecular weight excluding hydrogens is 168 g/mol. The Morgan fingerprint density at radius 3 is 2.73 bits per heavy atom. The van der Waals surface area contributed by atoms with E-state index in [-0.39, 0.29) is 30.3 Å². The Balaban J connectivity index is 0.000001000. The van der Waals surface area contributed by atoms with Gasteiger partial charge in [0.25, 0.3) is 0 Å². The Hall–Kier alpha value is -0.320. The van der Waals surface area contributed by atoms with Gasteiger partial charge < -0.3 is 4.74 Å². The first-order valence-electron chi connectivity index (χ1n) is 3.37. The normalized spacial score (nSPS) is 29.3. The highest BCUT2D eigenvalue weighted by Gasteiger charge is 2.29. The molecule has 0 unspecified atom stereocenters. The van der Waals surface area contributed by atoms with Crippen molar-refractivity contribution in [1.82, 2.24) is 5.43 Å². The SMILES string of the molecule is C[C@H]1OCC[C@H]1C(=O)NN.Cl. The van der Waals surface area contributed by atoms with Crippen molar-refractivity contribution in [2.75, 3.05) is 6.61 Å². The topological polar surface area (TPSA) is 64.3 Å². The van der Waals surface area contributed by atoms with Crippen LogP contribution >= 0.6 is 12.4 Å². The largest absolute Gasteiger partial charge is 0.378 e. The molecule has 1 rings (SSSR count). The zero-order chi connectivity index (χ0) is 7.56. The molecule has 4 nitrogen and oxygen atoms in total. The third kappa shape index (κ3) is 2.32. The van der Waals surface area contributed by atoms with E-state index in [4.69, 9.17) is 10.6 Å². The quantitative estimate of drug-likeness (QED) is 0.334. The lowest BCUT2D eigenvalue weighted by Gasteiger charge is -2.10. The van der Waals surface area contributed by atoms with Gasteiger partial charge in [0.2, 0.25) is 5.91 Å². The molecule has 11 heavy (non-hydrogen) atoms. The summed E-state index contributed by atoms with van der Waals surface area (Å²) in [5.41, 5.74) is 2.12. The second-order valence-electron chi connectivity index (χ2n) is 2.48. The first-order valence-corrected chi connectivity index (χ1v) is 3.37. The lowest BCUT2D eigenvalue weighted by Crippen LogP contribution is -2.38. The van der Waals surface area contributed by atoms with Crippen molar-refractivity contribution in [3.63, 3.8) is 0 Å². The molecule has 0 radical (unpaired) electrons. The summed E-state index contributed by atoms with van der Waals surface area (Å²) in [6.45, 7) is 2.55. The number of carbonyl (C=O) groups is 1. The monoisotopic (exact) mass is 180 g/mol. The third-order valence-electron chi connectivity index (χ3n) is 1.86. The number of nitrogens with one attached hydrogen (secondary N) is 1. The molecule has 0 aliphatic carbocycles. The standard InChI is InChI=1S/C6H12N2O2.ClH/c1-4-5(2-3-10-4)6(9)8-7;/h4-5H,2-3,7H2,1H3,(H,8,9);1H/t4-,5-;/m1./s1. The highest BCUT2D eigenvalue weighted by Crippen LogP contribution is 2.19. The van der Waals surface area contributed by atoms with Gasteiger partial charge >= 0.3 is 0 Å².